The molecule has 0 bridgehead atoms. The highest BCUT2D eigenvalue weighted by Gasteiger charge is 2.26. The highest BCUT2D eigenvalue weighted by molar-refractivity contribution is 9.10. The van der Waals surface area contributed by atoms with Crippen LogP contribution in [-0.4, -0.2) is 12.6 Å². The number of hydrogen-bond acceptors (Lipinski definition) is 3. The van der Waals surface area contributed by atoms with E-state index in [1.807, 2.05) is 18.2 Å². The van der Waals surface area contributed by atoms with Gasteiger partial charge in [0.05, 0.1) is 0 Å². The van der Waals surface area contributed by atoms with Gasteiger partial charge in [-0.05, 0) is 53.9 Å². The molecule has 0 amide bonds. The van der Waals surface area contributed by atoms with Gasteiger partial charge in [0.2, 0.25) is 0 Å². The lowest BCUT2D eigenvalue weighted by Gasteiger charge is -2.31. The Labute approximate surface area is 116 Å². The van der Waals surface area contributed by atoms with Crippen molar-refractivity contribution in [2.24, 2.45) is 11.7 Å². The van der Waals surface area contributed by atoms with E-state index in [2.05, 4.69) is 22.0 Å². The lowest BCUT2D eigenvalue weighted by atomic mass is 9.86. The Morgan fingerprint density at radius 3 is 2.89 bits per heavy atom. The van der Waals surface area contributed by atoms with E-state index >= 15 is 0 Å². The zero-order chi connectivity index (χ0) is 13.0. The van der Waals surface area contributed by atoms with E-state index in [4.69, 9.17) is 15.7 Å². The Bertz CT molecular complexity index is 456. The van der Waals surface area contributed by atoms with Crippen LogP contribution in [0.2, 0.25) is 0 Å². The number of ether oxygens (including phenoxy) is 1. The first-order valence-electron chi connectivity index (χ1n) is 6.31. The SMILES string of the molecule is N#Cc1c(Br)cccc1OC1CCCCC1CN. The first-order chi connectivity index (χ1) is 8.76. The van der Waals surface area contributed by atoms with E-state index in [1.54, 1.807) is 0 Å². The molecule has 18 heavy (non-hydrogen) atoms. The van der Waals surface area contributed by atoms with E-state index in [0.29, 0.717) is 23.8 Å². The normalized spacial score (nSPS) is 23.4. The summed E-state index contributed by atoms with van der Waals surface area (Å²) in [6.45, 7) is 0.653. The molecule has 1 fully saturated rings. The molecule has 1 aromatic carbocycles. The molecule has 0 radical (unpaired) electrons. The molecule has 0 heterocycles. The predicted molar refractivity (Wildman–Crippen MR) is 74.3 cm³/mol. The Hall–Kier alpha value is -1.05. The molecule has 2 atom stereocenters. The first kappa shape index (κ1) is 13.4. The highest BCUT2D eigenvalue weighted by atomic mass is 79.9. The van der Waals surface area contributed by atoms with Crippen LogP contribution >= 0.6 is 15.9 Å². The fourth-order valence-electron chi connectivity index (χ4n) is 2.47. The second-order valence-electron chi connectivity index (χ2n) is 4.66. The standard InChI is InChI=1S/C14H17BrN2O/c15-12-5-3-7-14(11(12)9-17)18-13-6-2-1-4-10(13)8-16/h3,5,7,10,13H,1-2,4,6,8,16H2. The molecule has 0 spiro atoms. The van der Waals surface area contributed by atoms with Gasteiger partial charge < -0.3 is 10.5 Å². The van der Waals surface area contributed by atoms with Crippen molar-refractivity contribution in [3.63, 3.8) is 0 Å². The van der Waals surface area contributed by atoms with Gasteiger partial charge in [0.15, 0.2) is 0 Å². The number of hydrogen-bond donors (Lipinski definition) is 1. The minimum Gasteiger partial charge on any atom is -0.489 e. The van der Waals surface area contributed by atoms with Crippen molar-refractivity contribution >= 4 is 15.9 Å². The third-order valence-electron chi connectivity index (χ3n) is 3.51. The summed E-state index contributed by atoms with van der Waals surface area (Å²) in [5.74, 6) is 1.07. The maximum Gasteiger partial charge on any atom is 0.138 e. The molecule has 1 aliphatic carbocycles. The molecule has 0 aliphatic heterocycles. The zero-order valence-corrected chi connectivity index (χ0v) is 11.8. The monoisotopic (exact) mass is 308 g/mol. The molecule has 3 nitrogen and oxygen atoms in total. The van der Waals surface area contributed by atoms with Crippen LogP contribution in [0.15, 0.2) is 22.7 Å². The van der Waals surface area contributed by atoms with Gasteiger partial charge in [0.1, 0.15) is 23.5 Å². The van der Waals surface area contributed by atoms with Crippen molar-refractivity contribution in [1.29, 1.82) is 5.26 Å². The smallest absolute Gasteiger partial charge is 0.138 e. The molecule has 96 valence electrons. The molecule has 0 aromatic heterocycles. The van der Waals surface area contributed by atoms with Crippen LogP contribution in [0, 0.1) is 17.2 Å². The van der Waals surface area contributed by atoms with Gasteiger partial charge in [-0.25, -0.2) is 0 Å². The lowest BCUT2D eigenvalue weighted by Crippen LogP contribution is -2.35. The molecule has 2 unspecified atom stereocenters. The summed E-state index contributed by atoms with van der Waals surface area (Å²) in [6, 6.07) is 7.78. The summed E-state index contributed by atoms with van der Waals surface area (Å²) in [5, 5.41) is 9.17. The van der Waals surface area contributed by atoms with E-state index in [1.165, 1.54) is 12.8 Å². The topological polar surface area (TPSA) is 59.0 Å². The lowest BCUT2D eigenvalue weighted by molar-refractivity contribution is 0.0966. The number of benzene rings is 1. The number of rotatable bonds is 3. The number of nitriles is 1. The molecule has 1 saturated carbocycles. The van der Waals surface area contributed by atoms with Crippen molar-refractivity contribution in [1.82, 2.24) is 0 Å². The summed E-state index contributed by atoms with van der Waals surface area (Å²) in [5.41, 5.74) is 6.36. The van der Waals surface area contributed by atoms with E-state index in [-0.39, 0.29) is 6.10 Å². The Morgan fingerprint density at radius 1 is 1.39 bits per heavy atom. The largest absolute Gasteiger partial charge is 0.489 e. The minimum atomic E-state index is 0.144. The molecule has 1 aromatic rings. The Morgan fingerprint density at radius 2 is 2.17 bits per heavy atom. The van der Waals surface area contributed by atoms with Crippen LogP contribution in [-0.2, 0) is 0 Å². The zero-order valence-electron chi connectivity index (χ0n) is 10.2. The third-order valence-corrected chi connectivity index (χ3v) is 4.17. The molecule has 0 saturated heterocycles. The van der Waals surface area contributed by atoms with Crippen molar-refractivity contribution in [2.75, 3.05) is 6.54 Å². The van der Waals surface area contributed by atoms with Crippen molar-refractivity contribution in [3.05, 3.63) is 28.2 Å². The highest BCUT2D eigenvalue weighted by Crippen LogP contribution is 2.31. The van der Waals surface area contributed by atoms with Gasteiger partial charge in [0.25, 0.3) is 0 Å². The van der Waals surface area contributed by atoms with Gasteiger partial charge in [0, 0.05) is 10.4 Å². The van der Waals surface area contributed by atoms with Crippen LogP contribution in [0.4, 0.5) is 0 Å². The Kier molecular flexibility index (Phi) is 4.62. The van der Waals surface area contributed by atoms with Crippen LogP contribution in [0.25, 0.3) is 0 Å². The van der Waals surface area contributed by atoms with Crippen LogP contribution in [0.5, 0.6) is 5.75 Å². The number of nitrogens with two attached hydrogens (primary N) is 1. The van der Waals surface area contributed by atoms with Crippen molar-refractivity contribution in [2.45, 2.75) is 31.8 Å². The van der Waals surface area contributed by atoms with E-state index in [0.717, 1.165) is 17.3 Å². The van der Waals surface area contributed by atoms with Gasteiger partial charge in [-0.2, -0.15) is 5.26 Å². The summed E-state index contributed by atoms with van der Waals surface area (Å²) in [6.07, 6.45) is 4.70. The van der Waals surface area contributed by atoms with E-state index in [9.17, 15) is 0 Å². The average molecular weight is 309 g/mol. The molecular weight excluding hydrogens is 292 g/mol. The fraction of sp³-hybridized carbons (Fsp3) is 0.500. The maximum atomic E-state index is 9.17. The van der Waals surface area contributed by atoms with Crippen LogP contribution in [0.1, 0.15) is 31.2 Å². The van der Waals surface area contributed by atoms with Crippen molar-refractivity contribution < 1.29 is 4.74 Å². The molecule has 1 aliphatic rings. The van der Waals surface area contributed by atoms with Crippen molar-refractivity contribution in [3.8, 4) is 11.8 Å². The molecule has 2 N–H and O–H groups in total. The molecular formula is C14H17BrN2O. The third kappa shape index (κ3) is 2.85. The van der Waals surface area contributed by atoms with Crippen LogP contribution in [0.3, 0.4) is 0 Å². The van der Waals surface area contributed by atoms with E-state index < -0.39 is 0 Å². The second kappa shape index (κ2) is 6.21. The van der Waals surface area contributed by atoms with Gasteiger partial charge in [-0.3, -0.25) is 0 Å². The van der Waals surface area contributed by atoms with Gasteiger partial charge in [-0.1, -0.05) is 12.5 Å². The minimum absolute atomic E-state index is 0.144. The quantitative estimate of drug-likeness (QED) is 0.932. The predicted octanol–water partition coefficient (Wildman–Crippen LogP) is 3.22. The Balaban J connectivity index is 2.18. The molecule has 2 rings (SSSR count). The molecule has 4 heteroatoms. The van der Waals surface area contributed by atoms with Crippen LogP contribution < -0.4 is 10.5 Å². The maximum absolute atomic E-state index is 9.17. The fourth-order valence-corrected chi connectivity index (χ4v) is 2.91. The summed E-state index contributed by atoms with van der Waals surface area (Å²) >= 11 is 3.38. The number of nitrogens with zero attached hydrogens (tertiary/aromatic N) is 1. The second-order valence-corrected chi connectivity index (χ2v) is 5.52. The van der Waals surface area contributed by atoms with Gasteiger partial charge >= 0.3 is 0 Å². The summed E-state index contributed by atoms with van der Waals surface area (Å²) in [7, 11) is 0. The summed E-state index contributed by atoms with van der Waals surface area (Å²) in [4.78, 5) is 0. The average Bonchev–Trinajstić information content (AvgIpc) is 2.40. The number of halogens is 1. The van der Waals surface area contributed by atoms with Gasteiger partial charge in [-0.15, -0.1) is 0 Å². The summed E-state index contributed by atoms with van der Waals surface area (Å²) < 4.78 is 6.81. The first-order valence-corrected chi connectivity index (χ1v) is 7.11.